The van der Waals surface area contributed by atoms with Crippen LogP contribution in [-0.2, 0) is 132 Å². The van der Waals surface area contributed by atoms with Crippen LogP contribution in [0, 0.1) is 0 Å². The minimum Gasteiger partial charge on any atom is -0.396 e. The molecule has 9 aliphatic heterocycles. The number of nitrogens with zero attached hydrogens (tertiary/aromatic N) is 21. The van der Waals surface area contributed by atoms with E-state index in [2.05, 4.69) is 103 Å². The summed E-state index contributed by atoms with van der Waals surface area (Å²) in [4.78, 5) is 125. The summed E-state index contributed by atoms with van der Waals surface area (Å²) in [5, 5.41) is 64.9. The number of thioether (sulfide) groups is 3. The molecule has 6 bridgehead atoms. The quantitative estimate of drug-likeness (QED) is 0.0720. The van der Waals surface area contributed by atoms with Crippen LogP contribution in [0.1, 0.15) is 70.5 Å². The summed E-state index contributed by atoms with van der Waals surface area (Å²) in [5.74, 6) is 0.178. The summed E-state index contributed by atoms with van der Waals surface area (Å²) in [6.07, 6.45) is -5.13. The van der Waals surface area contributed by atoms with E-state index in [4.69, 9.17) is 162 Å². The second kappa shape index (κ2) is 36.7. The van der Waals surface area contributed by atoms with Crippen molar-refractivity contribution in [1.29, 1.82) is 0 Å². The molecule has 21 rings (SSSR count). The predicted molar refractivity (Wildman–Crippen MR) is 483 cm³/mol. The van der Waals surface area contributed by atoms with E-state index in [0.717, 1.165) is 35.3 Å². The first-order valence-corrected chi connectivity index (χ1v) is 57.1. The minimum atomic E-state index is -4.22. The van der Waals surface area contributed by atoms with Crippen molar-refractivity contribution in [2.45, 2.75) is 143 Å². The molecule has 12 aromatic rings. The van der Waals surface area contributed by atoms with Gasteiger partial charge in [-0.2, -0.15) is 39.3 Å². The third-order valence-electron chi connectivity index (χ3n) is 21.7. The molecule has 23 N–H and O–H groups in total. The van der Waals surface area contributed by atoms with Gasteiger partial charge in [0.15, 0.2) is 50.4 Å². The fraction of sp³-hybridized carbons (Fsp3) is 0.500. The van der Waals surface area contributed by atoms with Gasteiger partial charge < -0.3 is 125 Å². The number of aromatic amines is 3. The highest BCUT2D eigenvalue weighted by Gasteiger charge is 2.56. The lowest BCUT2D eigenvalue weighted by Gasteiger charge is -2.27. The van der Waals surface area contributed by atoms with Gasteiger partial charge in [-0.1, -0.05) is 27.9 Å². The number of rotatable bonds is 6. The number of thiol groups is 1. The number of nitrogens with one attached hydrogen (secondary N) is 3. The average Bonchev–Trinajstić information content (AvgIpc) is 1.61. The number of fused-ring (bicyclic) bond motifs is 15. The van der Waals surface area contributed by atoms with Gasteiger partial charge in [-0.25, -0.2) is 38.1 Å². The van der Waals surface area contributed by atoms with Crippen molar-refractivity contribution in [2.24, 2.45) is 0 Å². The van der Waals surface area contributed by atoms with Gasteiger partial charge in [0.05, 0.1) is 140 Å². The highest BCUT2D eigenvalue weighted by atomic mass is 32.7. The Morgan fingerprint density at radius 1 is 0.417 bits per heavy atom. The van der Waals surface area contributed by atoms with E-state index < -0.39 is 180 Å². The third-order valence-corrected chi connectivity index (χ3v) is 35.7. The molecule has 57 nitrogen and oxygen atoms in total. The Morgan fingerprint density at radius 2 is 0.773 bits per heavy atom. The molecular formula is C60H72N30O27P6S9. The summed E-state index contributed by atoms with van der Waals surface area (Å²) in [7, 11) is 0. The first-order valence-electron chi connectivity index (χ1n) is 38.6. The van der Waals surface area contributed by atoms with Crippen LogP contribution in [0.2, 0.25) is 0 Å². The molecule has 9 saturated heterocycles. The van der Waals surface area contributed by atoms with Gasteiger partial charge in [0, 0.05) is 42.8 Å². The molecule has 0 spiro atoms. The Bertz CT molecular complexity index is 6370. The standard InChI is InChI=1S/3C20H24N10O9P2S3/c2*21-12-1-2-23-16-7(4-24-29(12)16)8-3-9-10(37-8)5-35-41(34,43)39-15-14(31)11(6-36-40(33,42)38-9)44-19(15)30-17-13(27-28-30)18(32)26-20(22)25-17;21-7-1-2-24-29-8(4-23-16(7)29)9-3-10-11(37-9)5-35-41(34,43)39-15-14(31)12(6-36-40(33,42)38-10)44-19(15)30-17-13(27-28-30)18(32)26-20(22)25-17/h2*1-2,4,8-11,14-15,19,31H,3,5-6,21H2,(H,33,42)(H,34,43)(H3,22,25,26,32);1-2,4,9-12,14-15,19,31H,3,5-6,21H2,(H,33,42)(H,34,43)(H3,22,25,26,32)/t2*8-,9+,10-,11-,14-,15-,19-,40?,41?;9-,10+,11-,12-,14-,15-,19-,40?,41?/m111/s1. The summed E-state index contributed by atoms with van der Waals surface area (Å²) in [5.41, 5.74) is 36.5. The SMILES string of the molecule is Nc1nc2c(nnn2[C@@H]2S[C@@H]3COP(O)(=S)O[C@H]4C[C@H](c5cnc6c(N)ccnn56)O[C@@H]4COP(O)(=S)O[C@@H]2[C@@H]3O)c(=O)[nH]1.Nc1nc2c(nnn2[C@@H]2S[C@@H]3COP(O)(=S)O[C@H]4C[C@H](c5cnn6c(N)ccnc56)O[C@@H]4COP(=O)(S)O[C@@H]2[C@@H]3O)c(=O)[nH]1.Nc1nc2c(nnn2[C@@H]2S[C@@H]3COP(O)(=S)O[C@H]4C[C@H](c5cnn6c(N)ccnc56)O[C@@H]4COP(O)(=S)O[C@@H]2[C@@H]3O)c(=O)[nH]1. The summed E-state index contributed by atoms with van der Waals surface area (Å²) in [6.45, 7) is -26.0. The van der Waals surface area contributed by atoms with Gasteiger partial charge in [-0.3, -0.25) is 47.4 Å². The number of aliphatic hydroxyl groups is 3. The fourth-order valence-electron chi connectivity index (χ4n) is 15.7. The van der Waals surface area contributed by atoms with Crippen LogP contribution in [0.5, 0.6) is 0 Å². The van der Waals surface area contributed by atoms with E-state index in [-0.39, 0.29) is 110 Å². The number of nitrogens with two attached hydrogens (primary N) is 6. The van der Waals surface area contributed by atoms with Gasteiger partial charge in [0.25, 0.3) is 16.7 Å². The van der Waals surface area contributed by atoms with Crippen LogP contribution in [0.4, 0.5) is 35.2 Å². The fourth-order valence-corrected chi connectivity index (χ4v) is 29.4. The number of aliphatic hydroxyl groups excluding tert-OH is 3. The predicted octanol–water partition coefficient (Wildman–Crippen LogP) is -0.746. The molecule has 0 saturated carbocycles. The Labute approximate surface area is 778 Å². The Morgan fingerprint density at radius 3 is 1.17 bits per heavy atom. The highest BCUT2D eigenvalue weighted by molar-refractivity contribution is 8.44. The number of ether oxygens (including phenoxy) is 3. The van der Waals surface area contributed by atoms with Gasteiger partial charge in [0.1, 0.15) is 70.5 Å². The Kier molecular flexibility index (Phi) is 26.2. The molecule has 12 aromatic heterocycles. The summed E-state index contributed by atoms with van der Waals surface area (Å²) >= 11 is 34.0. The molecule has 132 heavy (non-hydrogen) atoms. The van der Waals surface area contributed by atoms with Gasteiger partial charge in [-0.05, 0) is 77.2 Å². The molecule has 0 amide bonds. The second-order valence-corrected chi connectivity index (χ2v) is 51.1. The molecule has 27 atom stereocenters. The van der Waals surface area contributed by atoms with E-state index in [1.54, 1.807) is 36.8 Å². The molecular weight excluding hydrogens is 2050 g/mol. The normalized spacial score (nSPS) is 36.6. The van der Waals surface area contributed by atoms with Crippen molar-refractivity contribution >= 4 is 233 Å². The topological polar surface area (TPSA) is 793 Å². The van der Waals surface area contributed by atoms with E-state index in [9.17, 15) is 58.7 Å². The van der Waals surface area contributed by atoms with Crippen molar-refractivity contribution in [3.05, 3.63) is 103 Å². The number of imidazole rings is 1. The maximum Gasteiger partial charge on any atom is 0.386 e. The smallest absolute Gasteiger partial charge is 0.386 e. The summed E-state index contributed by atoms with van der Waals surface area (Å²) < 4.78 is 109. The highest BCUT2D eigenvalue weighted by Crippen LogP contribution is 2.63. The van der Waals surface area contributed by atoms with Gasteiger partial charge in [-0.15, -0.1) is 50.6 Å². The largest absolute Gasteiger partial charge is 0.396 e. The van der Waals surface area contributed by atoms with Crippen LogP contribution < -0.4 is 51.1 Å². The van der Waals surface area contributed by atoms with E-state index >= 15 is 0 Å². The molecule has 0 aromatic carbocycles. The van der Waals surface area contributed by atoms with E-state index in [1.807, 2.05) is 0 Å². The zero-order valence-corrected chi connectivity index (χ0v) is 79.1. The molecule has 21 heterocycles. The molecule has 72 heteroatoms. The van der Waals surface area contributed by atoms with Gasteiger partial charge in [0.2, 0.25) is 17.8 Å². The van der Waals surface area contributed by atoms with E-state index in [1.165, 1.54) is 46.2 Å². The second-order valence-electron chi connectivity index (χ2n) is 30.2. The number of H-pyrrole nitrogens is 3. The number of hydrogen-bond donors (Lipinski definition) is 18. The molecule has 9 aliphatic rings. The minimum absolute atomic E-state index is 0.00469. The number of aromatic nitrogens is 24. The maximum absolute atomic E-state index is 13.6. The van der Waals surface area contributed by atoms with Crippen LogP contribution in [-0.4, -0.2) is 287 Å². The van der Waals surface area contributed by atoms with Crippen molar-refractivity contribution in [3.8, 4) is 0 Å². The Balaban J connectivity index is 0.000000128. The average molecular weight is 2120 g/mol. The van der Waals surface area contributed by atoms with Crippen LogP contribution in [0.15, 0.2) is 69.8 Å². The lowest BCUT2D eigenvalue weighted by atomic mass is 10.1. The molecule has 9 fully saturated rings. The lowest BCUT2D eigenvalue weighted by molar-refractivity contribution is -0.0241. The molecule has 6 unspecified atom stereocenters. The summed E-state index contributed by atoms with van der Waals surface area (Å²) in [6, 6.07) is 4.81. The first-order chi connectivity index (χ1) is 62.7. The van der Waals surface area contributed by atoms with Crippen molar-refractivity contribution in [1.82, 2.24) is 119 Å². The zero-order chi connectivity index (χ0) is 92.9. The van der Waals surface area contributed by atoms with Crippen molar-refractivity contribution in [3.63, 3.8) is 0 Å². The van der Waals surface area contributed by atoms with Crippen molar-refractivity contribution < 1.29 is 113 Å². The number of nitrogen functional groups attached to an aromatic ring is 6. The van der Waals surface area contributed by atoms with Crippen LogP contribution >= 0.6 is 87.9 Å². The maximum atomic E-state index is 13.6. The lowest BCUT2D eigenvalue weighted by Crippen LogP contribution is -2.35. The van der Waals surface area contributed by atoms with Crippen LogP contribution in [0.25, 0.3) is 50.4 Å². The monoisotopic (exact) mass is 2120 g/mol. The molecule has 708 valence electrons. The van der Waals surface area contributed by atoms with E-state index in [0.29, 0.717) is 51.1 Å². The molecule has 0 aliphatic carbocycles. The van der Waals surface area contributed by atoms with Crippen LogP contribution in [0.3, 0.4) is 0 Å². The van der Waals surface area contributed by atoms with Crippen molar-refractivity contribution in [2.75, 3.05) is 74.0 Å². The number of anilines is 6. The Hall–Kier alpha value is -6.54. The third kappa shape index (κ3) is 19.1. The zero-order valence-electron chi connectivity index (χ0n) is 66.3. The van der Waals surface area contributed by atoms with Gasteiger partial charge >= 0.3 is 40.4 Å². The molecule has 0 radical (unpaired) electrons. The number of hydrogen-bond acceptors (Lipinski definition) is 51. The first kappa shape index (κ1) is 94.4.